The van der Waals surface area contributed by atoms with E-state index in [0.29, 0.717) is 0 Å². The van der Waals surface area contributed by atoms with E-state index in [1.807, 2.05) is 0 Å². The number of benzene rings is 2. The van der Waals surface area contributed by atoms with Crippen molar-refractivity contribution in [2.24, 2.45) is 0 Å². The summed E-state index contributed by atoms with van der Waals surface area (Å²) in [6, 6.07) is 13.8. The lowest BCUT2D eigenvalue weighted by atomic mass is 10.0. The van der Waals surface area contributed by atoms with Crippen LogP contribution in [0.4, 0.5) is 0 Å². The molecule has 0 spiro atoms. The lowest BCUT2D eigenvalue weighted by Gasteiger charge is -2.02. The van der Waals surface area contributed by atoms with Gasteiger partial charge in [0.2, 0.25) is 0 Å². The fraction of sp³-hybridized carbons (Fsp3) is 0.400. The maximum atomic E-state index is 3.54. The minimum absolute atomic E-state index is 1.19. The number of hydrogen-bond donors (Lipinski definition) is 1. The minimum atomic E-state index is 1.19. The van der Waals surface area contributed by atoms with Crippen LogP contribution in [0.2, 0.25) is 0 Å². The number of nitrogens with one attached hydrogen (secondary N) is 1. The van der Waals surface area contributed by atoms with Gasteiger partial charge in [-0.05, 0) is 61.1 Å². The van der Waals surface area contributed by atoms with Crippen LogP contribution in [0.1, 0.15) is 50.7 Å². The van der Waals surface area contributed by atoms with Crippen LogP contribution in [-0.2, 0) is 12.8 Å². The Kier molecular flexibility index (Phi) is 4.28. The van der Waals surface area contributed by atoms with E-state index in [4.69, 9.17) is 0 Å². The van der Waals surface area contributed by atoms with E-state index in [2.05, 4.69) is 55.2 Å². The van der Waals surface area contributed by atoms with Gasteiger partial charge >= 0.3 is 0 Å². The van der Waals surface area contributed by atoms with Crippen molar-refractivity contribution in [3.8, 4) is 0 Å². The number of aromatic amines is 1. The standard InChI is InChI=1S/C20H25N/c1-3-5-7-15-9-11-19-17(13-15)18-14-16(8-6-4-2)10-12-20(18)21-19/h9-14,21H,3-8H2,1-2H3. The predicted octanol–water partition coefficient (Wildman–Crippen LogP) is 6.01. The molecular weight excluding hydrogens is 254 g/mol. The van der Waals surface area contributed by atoms with E-state index in [-0.39, 0.29) is 0 Å². The molecular formula is C20H25N. The Hall–Kier alpha value is -1.76. The van der Waals surface area contributed by atoms with Crippen LogP contribution in [0.3, 0.4) is 0 Å². The van der Waals surface area contributed by atoms with Gasteiger partial charge in [0.25, 0.3) is 0 Å². The fourth-order valence-electron chi connectivity index (χ4n) is 3.06. The predicted molar refractivity (Wildman–Crippen MR) is 93.0 cm³/mol. The Morgan fingerprint density at radius 1 is 0.714 bits per heavy atom. The summed E-state index contributed by atoms with van der Waals surface area (Å²) in [5.74, 6) is 0. The van der Waals surface area contributed by atoms with Gasteiger partial charge in [-0.15, -0.1) is 0 Å². The first-order valence-corrected chi connectivity index (χ1v) is 8.35. The zero-order chi connectivity index (χ0) is 14.7. The van der Waals surface area contributed by atoms with Crippen molar-refractivity contribution in [1.82, 2.24) is 4.98 Å². The van der Waals surface area contributed by atoms with Gasteiger partial charge < -0.3 is 4.98 Å². The summed E-state index contributed by atoms with van der Waals surface area (Å²) >= 11 is 0. The topological polar surface area (TPSA) is 15.8 Å². The average molecular weight is 279 g/mol. The van der Waals surface area contributed by atoms with Gasteiger partial charge in [-0.2, -0.15) is 0 Å². The lowest BCUT2D eigenvalue weighted by molar-refractivity contribution is 0.795. The second kappa shape index (κ2) is 6.34. The van der Waals surface area contributed by atoms with Crippen LogP contribution in [0.25, 0.3) is 21.8 Å². The van der Waals surface area contributed by atoms with Gasteiger partial charge in [0, 0.05) is 21.8 Å². The molecule has 0 atom stereocenters. The molecule has 21 heavy (non-hydrogen) atoms. The Bertz CT molecular complexity index is 674. The molecule has 1 N–H and O–H groups in total. The number of aryl methyl sites for hydroxylation is 2. The molecule has 0 aliphatic carbocycles. The molecule has 0 aliphatic heterocycles. The van der Waals surface area contributed by atoms with Crippen LogP contribution in [0.15, 0.2) is 36.4 Å². The summed E-state index contributed by atoms with van der Waals surface area (Å²) in [4.78, 5) is 3.54. The number of fused-ring (bicyclic) bond motifs is 3. The van der Waals surface area contributed by atoms with Crippen molar-refractivity contribution < 1.29 is 0 Å². The van der Waals surface area contributed by atoms with E-state index in [1.54, 1.807) is 0 Å². The quantitative estimate of drug-likeness (QED) is 0.569. The molecule has 1 nitrogen and oxygen atoms in total. The Morgan fingerprint density at radius 3 is 1.62 bits per heavy atom. The van der Waals surface area contributed by atoms with E-state index in [0.717, 1.165) is 0 Å². The second-order valence-corrected chi connectivity index (χ2v) is 6.09. The summed E-state index contributed by atoms with van der Waals surface area (Å²) in [6.45, 7) is 4.51. The normalized spacial score (nSPS) is 11.5. The molecule has 3 aromatic rings. The Morgan fingerprint density at radius 2 is 1.19 bits per heavy atom. The monoisotopic (exact) mass is 279 g/mol. The zero-order valence-corrected chi connectivity index (χ0v) is 13.2. The first-order valence-electron chi connectivity index (χ1n) is 8.35. The molecule has 1 aromatic heterocycles. The molecule has 0 saturated carbocycles. The summed E-state index contributed by atoms with van der Waals surface area (Å²) in [7, 11) is 0. The van der Waals surface area contributed by atoms with E-state index >= 15 is 0 Å². The van der Waals surface area contributed by atoms with Gasteiger partial charge in [-0.3, -0.25) is 0 Å². The largest absolute Gasteiger partial charge is 0.355 e. The number of hydrogen-bond acceptors (Lipinski definition) is 0. The molecule has 0 amide bonds. The molecule has 0 aliphatic rings. The van der Waals surface area contributed by atoms with Crippen LogP contribution in [0.5, 0.6) is 0 Å². The fourth-order valence-corrected chi connectivity index (χ4v) is 3.06. The highest BCUT2D eigenvalue weighted by atomic mass is 14.7. The molecule has 2 aromatic carbocycles. The maximum Gasteiger partial charge on any atom is 0.0465 e. The van der Waals surface area contributed by atoms with Crippen molar-refractivity contribution in [3.63, 3.8) is 0 Å². The van der Waals surface area contributed by atoms with Gasteiger partial charge in [0.1, 0.15) is 0 Å². The van der Waals surface area contributed by atoms with Crippen molar-refractivity contribution in [3.05, 3.63) is 47.5 Å². The second-order valence-electron chi connectivity index (χ2n) is 6.09. The van der Waals surface area contributed by atoms with Crippen LogP contribution < -0.4 is 0 Å². The number of rotatable bonds is 6. The molecule has 0 unspecified atom stereocenters. The van der Waals surface area contributed by atoms with Crippen molar-refractivity contribution in [1.29, 1.82) is 0 Å². The SMILES string of the molecule is CCCCc1ccc2[nH]c3ccc(CCCC)cc3c2c1. The molecule has 3 rings (SSSR count). The molecule has 0 bridgehead atoms. The van der Waals surface area contributed by atoms with Crippen LogP contribution in [0, 0.1) is 0 Å². The summed E-state index contributed by atoms with van der Waals surface area (Å²) in [5, 5.41) is 2.77. The maximum absolute atomic E-state index is 3.54. The lowest BCUT2D eigenvalue weighted by Crippen LogP contribution is -1.85. The summed E-state index contributed by atoms with van der Waals surface area (Å²) < 4.78 is 0. The Balaban J connectivity index is 2.03. The summed E-state index contributed by atoms with van der Waals surface area (Å²) in [6.07, 6.45) is 7.44. The molecule has 0 radical (unpaired) electrons. The van der Waals surface area contributed by atoms with Gasteiger partial charge in [0.05, 0.1) is 0 Å². The van der Waals surface area contributed by atoms with Crippen molar-refractivity contribution in [2.45, 2.75) is 52.4 Å². The first-order chi connectivity index (χ1) is 10.3. The third-order valence-electron chi connectivity index (χ3n) is 4.37. The van der Waals surface area contributed by atoms with Crippen molar-refractivity contribution in [2.75, 3.05) is 0 Å². The molecule has 110 valence electrons. The van der Waals surface area contributed by atoms with Gasteiger partial charge in [0.15, 0.2) is 0 Å². The smallest absolute Gasteiger partial charge is 0.0465 e. The summed E-state index contributed by atoms with van der Waals surface area (Å²) in [5.41, 5.74) is 5.45. The molecule has 1 heterocycles. The van der Waals surface area contributed by atoms with Crippen molar-refractivity contribution >= 4 is 21.8 Å². The van der Waals surface area contributed by atoms with Gasteiger partial charge in [-0.25, -0.2) is 0 Å². The number of unbranched alkanes of at least 4 members (excludes halogenated alkanes) is 2. The highest BCUT2D eigenvalue weighted by Gasteiger charge is 2.06. The highest BCUT2D eigenvalue weighted by Crippen LogP contribution is 2.28. The van der Waals surface area contributed by atoms with E-state index < -0.39 is 0 Å². The Labute approximate surface area is 127 Å². The van der Waals surface area contributed by atoms with Gasteiger partial charge in [-0.1, -0.05) is 38.8 Å². The molecule has 0 fully saturated rings. The first kappa shape index (κ1) is 14.2. The number of aromatic nitrogens is 1. The average Bonchev–Trinajstić information content (AvgIpc) is 2.88. The van der Waals surface area contributed by atoms with Crippen LogP contribution >= 0.6 is 0 Å². The third-order valence-corrected chi connectivity index (χ3v) is 4.37. The number of H-pyrrole nitrogens is 1. The third kappa shape index (κ3) is 2.97. The zero-order valence-electron chi connectivity index (χ0n) is 13.2. The minimum Gasteiger partial charge on any atom is -0.355 e. The van der Waals surface area contributed by atoms with E-state index in [1.165, 1.54) is 71.5 Å². The highest BCUT2D eigenvalue weighted by molar-refractivity contribution is 6.07. The van der Waals surface area contributed by atoms with Crippen LogP contribution in [-0.4, -0.2) is 4.98 Å². The molecule has 0 saturated heterocycles. The molecule has 1 heteroatoms. The van der Waals surface area contributed by atoms with E-state index in [9.17, 15) is 0 Å².